The van der Waals surface area contributed by atoms with Crippen LogP contribution in [0.2, 0.25) is 0 Å². The van der Waals surface area contributed by atoms with E-state index in [0.717, 1.165) is 5.33 Å². The van der Waals surface area contributed by atoms with Crippen LogP contribution in [0.15, 0.2) is 18.5 Å². The molecular weight excluding hydrogens is 288 g/mol. The Morgan fingerprint density at radius 3 is 3.00 bits per heavy atom. The molecule has 1 N–H and O–H groups in total. The number of carbonyl (C=O) groups excluding carboxylic acids is 1. The Labute approximate surface area is 107 Å². The summed E-state index contributed by atoms with van der Waals surface area (Å²) >= 11 is 3.34. The van der Waals surface area contributed by atoms with E-state index in [1.807, 2.05) is 0 Å². The van der Waals surface area contributed by atoms with Gasteiger partial charge in [-0.25, -0.2) is 4.79 Å². The van der Waals surface area contributed by atoms with Crippen molar-refractivity contribution in [3.05, 3.63) is 24.0 Å². The first-order valence-electron chi connectivity index (χ1n) is 5.17. The van der Waals surface area contributed by atoms with Crippen molar-refractivity contribution in [1.82, 2.24) is 4.98 Å². The fraction of sp³-hybridized carbons (Fsp3) is 0.364. The third-order valence-corrected chi connectivity index (χ3v) is 3.66. The van der Waals surface area contributed by atoms with Crippen molar-refractivity contribution >= 4 is 33.5 Å². The lowest BCUT2D eigenvalue weighted by atomic mass is 10.1. The van der Waals surface area contributed by atoms with Gasteiger partial charge in [0.2, 0.25) is 5.91 Å². The van der Waals surface area contributed by atoms with Crippen molar-refractivity contribution in [2.24, 2.45) is 5.92 Å². The van der Waals surface area contributed by atoms with Gasteiger partial charge in [0.15, 0.2) is 0 Å². The molecule has 1 amide bonds. The van der Waals surface area contributed by atoms with Gasteiger partial charge >= 0.3 is 5.97 Å². The number of nitrogens with zero attached hydrogens (tertiary/aromatic N) is 2. The van der Waals surface area contributed by atoms with E-state index >= 15 is 0 Å². The van der Waals surface area contributed by atoms with Crippen molar-refractivity contribution in [1.29, 1.82) is 0 Å². The molecule has 2 rings (SSSR count). The predicted molar refractivity (Wildman–Crippen MR) is 65.5 cm³/mol. The zero-order valence-electron chi connectivity index (χ0n) is 8.97. The smallest absolute Gasteiger partial charge is 0.337 e. The lowest BCUT2D eigenvalue weighted by Crippen LogP contribution is -2.26. The van der Waals surface area contributed by atoms with E-state index in [1.165, 1.54) is 23.4 Å². The molecule has 1 aliphatic heterocycles. The fourth-order valence-electron chi connectivity index (χ4n) is 1.90. The molecule has 0 radical (unpaired) electrons. The van der Waals surface area contributed by atoms with E-state index in [4.69, 9.17) is 5.11 Å². The second-order valence-corrected chi connectivity index (χ2v) is 4.57. The maximum Gasteiger partial charge on any atom is 0.337 e. The van der Waals surface area contributed by atoms with Crippen LogP contribution in [0.1, 0.15) is 16.8 Å². The first kappa shape index (κ1) is 12.0. The molecule has 1 aliphatic rings. The maximum atomic E-state index is 11.8. The number of halogens is 1. The summed E-state index contributed by atoms with van der Waals surface area (Å²) in [7, 11) is 0. The predicted octanol–water partition coefficient (Wildman–Crippen LogP) is 1.53. The van der Waals surface area contributed by atoms with Gasteiger partial charge in [0.25, 0.3) is 0 Å². The first-order valence-corrected chi connectivity index (χ1v) is 6.29. The van der Waals surface area contributed by atoms with Crippen LogP contribution in [-0.2, 0) is 4.79 Å². The quantitative estimate of drug-likeness (QED) is 0.859. The summed E-state index contributed by atoms with van der Waals surface area (Å²) in [6.07, 6.45) is 3.28. The lowest BCUT2D eigenvalue weighted by Gasteiger charge is -2.17. The van der Waals surface area contributed by atoms with Gasteiger partial charge in [-0.05, 0) is 12.0 Å². The highest BCUT2D eigenvalue weighted by molar-refractivity contribution is 9.09. The van der Waals surface area contributed by atoms with Crippen LogP contribution in [0.25, 0.3) is 0 Å². The molecule has 1 aromatic heterocycles. The minimum Gasteiger partial charge on any atom is -0.478 e. The Morgan fingerprint density at radius 1 is 1.65 bits per heavy atom. The van der Waals surface area contributed by atoms with Gasteiger partial charge in [0, 0.05) is 24.5 Å². The van der Waals surface area contributed by atoms with Crippen LogP contribution >= 0.6 is 15.9 Å². The van der Waals surface area contributed by atoms with Crippen molar-refractivity contribution < 1.29 is 14.7 Å². The molecule has 0 aliphatic carbocycles. The van der Waals surface area contributed by atoms with E-state index in [1.54, 1.807) is 0 Å². The number of hydrogen-bond acceptors (Lipinski definition) is 3. The average Bonchev–Trinajstić information content (AvgIpc) is 2.70. The number of aromatic nitrogens is 1. The molecule has 0 bridgehead atoms. The Kier molecular flexibility index (Phi) is 3.42. The number of anilines is 1. The standard InChI is InChI=1S/C11H11BrN2O3/c12-4-7-3-10(15)14(6-7)9-5-13-2-1-8(9)11(16)17/h1-2,5,7H,3-4,6H2,(H,16,17). The number of hydrogen-bond donors (Lipinski definition) is 1. The van der Waals surface area contributed by atoms with Crippen LogP contribution in [0.3, 0.4) is 0 Å². The minimum atomic E-state index is -1.04. The zero-order valence-corrected chi connectivity index (χ0v) is 10.6. The Balaban J connectivity index is 2.35. The molecule has 5 nitrogen and oxygen atoms in total. The van der Waals surface area contributed by atoms with Gasteiger partial charge in [-0.2, -0.15) is 0 Å². The number of alkyl halides is 1. The van der Waals surface area contributed by atoms with Gasteiger partial charge in [-0.3, -0.25) is 9.78 Å². The Bertz CT molecular complexity index is 464. The van der Waals surface area contributed by atoms with E-state index in [-0.39, 0.29) is 17.4 Å². The minimum absolute atomic E-state index is 0.0510. The summed E-state index contributed by atoms with van der Waals surface area (Å²) in [4.78, 5) is 28.3. The van der Waals surface area contributed by atoms with Crippen LogP contribution in [-0.4, -0.2) is 33.8 Å². The highest BCUT2D eigenvalue weighted by Crippen LogP contribution is 2.28. The molecule has 6 heteroatoms. The second-order valence-electron chi connectivity index (χ2n) is 3.93. The number of carboxylic acid groups (broad SMARTS) is 1. The number of carbonyl (C=O) groups is 2. The van der Waals surface area contributed by atoms with Crippen molar-refractivity contribution in [2.45, 2.75) is 6.42 Å². The Hall–Kier alpha value is -1.43. The molecule has 90 valence electrons. The summed E-state index contributed by atoms with van der Waals surface area (Å²) in [5, 5.41) is 9.79. The SMILES string of the molecule is O=C(O)c1ccncc1N1CC(CBr)CC1=O. The first-order chi connectivity index (χ1) is 8.13. The molecule has 0 spiro atoms. The molecule has 1 fully saturated rings. The topological polar surface area (TPSA) is 70.5 Å². The molecule has 1 aromatic rings. The molecule has 1 atom stereocenters. The molecule has 2 heterocycles. The normalized spacial score (nSPS) is 19.7. The summed E-state index contributed by atoms with van der Waals surface area (Å²) < 4.78 is 0. The number of carboxylic acids is 1. The van der Waals surface area contributed by atoms with Crippen molar-refractivity contribution in [3.63, 3.8) is 0 Å². The highest BCUT2D eigenvalue weighted by Gasteiger charge is 2.32. The molecule has 1 saturated heterocycles. The Morgan fingerprint density at radius 2 is 2.41 bits per heavy atom. The largest absolute Gasteiger partial charge is 0.478 e. The van der Waals surface area contributed by atoms with Gasteiger partial charge < -0.3 is 10.0 Å². The third-order valence-electron chi connectivity index (χ3n) is 2.74. The van der Waals surface area contributed by atoms with Gasteiger partial charge in [-0.1, -0.05) is 15.9 Å². The van der Waals surface area contributed by atoms with Gasteiger partial charge in [0.1, 0.15) is 0 Å². The zero-order chi connectivity index (χ0) is 12.4. The number of rotatable bonds is 3. The van der Waals surface area contributed by atoms with Crippen molar-refractivity contribution in [3.8, 4) is 0 Å². The molecule has 17 heavy (non-hydrogen) atoms. The second kappa shape index (κ2) is 4.83. The third kappa shape index (κ3) is 2.31. The molecule has 0 aromatic carbocycles. The van der Waals surface area contributed by atoms with Crippen LogP contribution in [0, 0.1) is 5.92 Å². The van der Waals surface area contributed by atoms with E-state index in [9.17, 15) is 9.59 Å². The van der Waals surface area contributed by atoms with Crippen molar-refractivity contribution in [2.75, 3.05) is 16.8 Å². The fourth-order valence-corrected chi connectivity index (χ4v) is 2.33. The molecule has 1 unspecified atom stereocenters. The summed E-state index contributed by atoms with van der Waals surface area (Å²) in [6.45, 7) is 0.538. The summed E-state index contributed by atoms with van der Waals surface area (Å²) in [6, 6.07) is 1.41. The van der Waals surface area contributed by atoms with Crippen LogP contribution in [0.4, 0.5) is 5.69 Å². The lowest BCUT2D eigenvalue weighted by molar-refractivity contribution is -0.117. The number of aromatic carboxylic acids is 1. The van der Waals surface area contributed by atoms with Crippen LogP contribution < -0.4 is 4.90 Å². The van der Waals surface area contributed by atoms with E-state index < -0.39 is 5.97 Å². The van der Waals surface area contributed by atoms with Gasteiger partial charge in [0.05, 0.1) is 17.4 Å². The molecular formula is C11H11BrN2O3. The highest BCUT2D eigenvalue weighted by atomic mass is 79.9. The average molecular weight is 299 g/mol. The number of amides is 1. The summed E-state index contributed by atoms with van der Waals surface area (Å²) in [5.74, 6) is -0.869. The maximum absolute atomic E-state index is 11.8. The monoisotopic (exact) mass is 298 g/mol. The molecule has 0 saturated carbocycles. The van der Waals surface area contributed by atoms with Gasteiger partial charge in [-0.15, -0.1) is 0 Å². The van der Waals surface area contributed by atoms with E-state index in [2.05, 4.69) is 20.9 Å². The summed E-state index contributed by atoms with van der Waals surface area (Å²) in [5.41, 5.74) is 0.497. The number of pyridine rings is 1. The van der Waals surface area contributed by atoms with E-state index in [0.29, 0.717) is 18.7 Å². The van der Waals surface area contributed by atoms with Crippen LogP contribution in [0.5, 0.6) is 0 Å².